The van der Waals surface area contributed by atoms with Crippen LogP contribution in [0.3, 0.4) is 0 Å². The van der Waals surface area contributed by atoms with E-state index in [0.717, 1.165) is 25.7 Å². The van der Waals surface area contributed by atoms with Crippen molar-refractivity contribution >= 4 is 35.4 Å². The molecule has 51 heavy (non-hydrogen) atoms. The summed E-state index contributed by atoms with van der Waals surface area (Å²) in [7, 11) is 0. The van der Waals surface area contributed by atoms with Gasteiger partial charge in [-0.2, -0.15) is 0 Å². The molecule has 8 N–H and O–H groups in total. The number of amides is 6. The third-order valence-electron chi connectivity index (χ3n) is 10.3. The standard InChI is InChI=1S/C20H37N3O3.C19H35N3O3/c1-18(2,3)13-15(24)20(10-8-11-20)16(25)23-14(19(4,5)6)9-7-12-22-17(21)26;1-17(2,3)13(9-7-12-21-16(20)25)22-15(24)19(10-8-11-19)14(23)18(4,5)6/h14H,7-13H2,1-6H3,(H,23,25)(H3,21,22,26);13H,7-12H2,1-6H3,(H,22,24)(H3,20,21,25)/t14-;13-/m00/s1. The van der Waals surface area contributed by atoms with Crippen LogP contribution in [-0.4, -0.2) is 60.6 Å². The average Bonchev–Trinajstić information content (AvgIpc) is 2.88. The smallest absolute Gasteiger partial charge is 0.312 e. The van der Waals surface area contributed by atoms with E-state index in [1.807, 2.05) is 41.5 Å². The van der Waals surface area contributed by atoms with Gasteiger partial charge in [0.25, 0.3) is 0 Å². The Bertz CT molecular complexity index is 1230. The van der Waals surface area contributed by atoms with Gasteiger partial charge in [0.1, 0.15) is 16.6 Å². The Morgan fingerprint density at radius 1 is 0.588 bits per heavy atom. The molecule has 0 saturated heterocycles. The van der Waals surface area contributed by atoms with Crippen molar-refractivity contribution in [3.8, 4) is 0 Å². The lowest BCUT2D eigenvalue weighted by molar-refractivity contribution is -0.154. The molecule has 2 saturated carbocycles. The van der Waals surface area contributed by atoms with Crippen LogP contribution in [0.5, 0.6) is 0 Å². The Balaban J connectivity index is 0.000000510. The fraction of sp³-hybridized carbons (Fsp3) is 0.846. The molecule has 0 aromatic heterocycles. The monoisotopic (exact) mass is 721 g/mol. The molecule has 2 fully saturated rings. The molecule has 2 rings (SSSR count). The van der Waals surface area contributed by atoms with Crippen molar-refractivity contribution in [2.45, 2.75) is 166 Å². The minimum atomic E-state index is -0.868. The summed E-state index contributed by atoms with van der Waals surface area (Å²) < 4.78 is 0. The second kappa shape index (κ2) is 18.0. The number of hydrogen-bond acceptors (Lipinski definition) is 6. The highest BCUT2D eigenvalue weighted by atomic mass is 16.2. The molecule has 0 aromatic carbocycles. The Morgan fingerprint density at radius 3 is 1.20 bits per heavy atom. The van der Waals surface area contributed by atoms with Crippen LogP contribution in [0.2, 0.25) is 0 Å². The first kappa shape index (κ1) is 45.8. The van der Waals surface area contributed by atoms with E-state index in [-0.39, 0.29) is 51.7 Å². The SMILES string of the molecule is CC(C)(C)C(=O)C1(C(=O)N[C@@H](CCCNC(N)=O)C(C)(C)C)CCC1.CC(C)(C)CC(=O)C1(C(=O)N[C@@H](CCCNC(N)=O)C(C)(C)C)CCC1. The first-order chi connectivity index (χ1) is 23.1. The fourth-order valence-electron chi connectivity index (χ4n) is 6.69. The molecule has 294 valence electrons. The fourth-order valence-corrected chi connectivity index (χ4v) is 6.69. The van der Waals surface area contributed by atoms with Crippen molar-refractivity contribution in [1.29, 1.82) is 0 Å². The number of ketones is 2. The maximum atomic E-state index is 13.1. The lowest BCUT2D eigenvalue weighted by atomic mass is 9.60. The van der Waals surface area contributed by atoms with E-state index in [9.17, 15) is 28.8 Å². The van der Waals surface area contributed by atoms with Gasteiger partial charge in [-0.25, -0.2) is 9.59 Å². The van der Waals surface area contributed by atoms with Gasteiger partial charge in [-0.1, -0.05) is 95.9 Å². The number of primary amides is 2. The number of urea groups is 2. The Labute approximate surface area is 307 Å². The lowest BCUT2D eigenvalue weighted by Gasteiger charge is -2.44. The van der Waals surface area contributed by atoms with Crippen LogP contribution >= 0.6 is 0 Å². The third kappa shape index (κ3) is 14.0. The van der Waals surface area contributed by atoms with Crippen molar-refractivity contribution in [2.75, 3.05) is 13.1 Å². The molecular weight excluding hydrogens is 648 g/mol. The third-order valence-corrected chi connectivity index (χ3v) is 10.3. The predicted octanol–water partition coefficient (Wildman–Crippen LogP) is 5.89. The highest BCUT2D eigenvalue weighted by Crippen LogP contribution is 2.47. The van der Waals surface area contributed by atoms with Crippen LogP contribution in [0.4, 0.5) is 9.59 Å². The molecule has 0 spiro atoms. The molecule has 12 nitrogen and oxygen atoms in total. The molecular formula is C39H72N6O6. The van der Waals surface area contributed by atoms with E-state index < -0.39 is 28.3 Å². The van der Waals surface area contributed by atoms with Gasteiger partial charge in [0.05, 0.1) is 0 Å². The van der Waals surface area contributed by atoms with Gasteiger partial charge >= 0.3 is 12.1 Å². The van der Waals surface area contributed by atoms with Crippen LogP contribution in [-0.2, 0) is 19.2 Å². The lowest BCUT2D eigenvalue weighted by Crippen LogP contribution is -2.58. The summed E-state index contributed by atoms with van der Waals surface area (Å²) in [5.41, 5.74) is 7.52. The number of nitrogens with two attached hydrogens (primary N) is 2. The summed E-state index contributed by atoms with van der Waals surface area (Å²) in [4.78, 5) is 73.3. The van der Waals surface area contributed by atoms with Crippen molar-refractivity contribution in [2.24, 2.45) is 44.0 Å². The van der Waals surface area contributed by atoms with Gasteiger partial charge in [-0.3, -0.25) is 19.2 Å². The minimum absolute atomic E-state index is 0.0341. The number of nitrogens with one attached hydrogen (secondary N) is 4. The van der Waals surface area contributed by atoms with Crippen LogP contribution < -0.4 is 32.7 Å². The second-order valence-electron chi connectivity index (χ2n) is 19.3. The highest BCUT2D eigenvalue weighted by molar-refractivity contribution is 6.09. The molecule has 0 unspecified atom stereocenters. The van der Waals surface area contributed by atoms with Gasteiger partial charge in [0.2, 0.25) is 11.8 Å². The van der Waals surface area contributed by atoms with Crippen molar-refractivity contribution in [1.82, 2.24) is 21.3 Å². The number of hydrogen-bond donors (Lipinski definition) is 6. The number of rotatable bonds is 15. The first-order valence-corrected chi connectivity index (χ1v) is 18.9. The van der Waals surface area contributed by atoms with Crippen LogP contribution in [0, 0.1) is 32.5 Å². The van der Waals surface area contributed by atoms with E-state index in [1.165, 1.54) is 0 Å². The Hall–Kier alpha value is -3.18. The molecule has 0 aromatic rings. The summed E-state index contributed by atoms with van der Waals surface area (Å²) in [6, 6.07) is -1.22. The van der Waals surface area contributed by atoms with E-state index >= 15 is 0 Å². The molecule has 2 aliphatic rings. The van der Waals surface area contributed by atoms with Gasteiger partial charge < -0.3 is 32.7 Å². The highest BCUT2D eigenvalue weighted by Gasteiger charge is 2.54. The van der Waals surface area contributed by atoms with Gasteiger partial charge in [-0.15, -0.1) is 0 Å². The quantitative estimate of drug-likeness (QED) is 0.0899. The zero-order chi connectivity index (χ0) is 39.6. The van der Waals surface area contributed by atoms with Gasteiger partial charge in [-0.05, 0) is 67.6 Å². The summed E-state index contributed by atoms with van der Waals surface area (Å²) in [5.74, 6) is -0.161. The second-order valence-corrected chi connectivity index (χ2v) is 19.3. The van der Waals surface area contributed by atoms with Crippen LogP contribution in [0.25, 0.3) is 0 Å². The van der Waals surface area contributed by atoms with Crippen LogP contribution in [0.1, 0.15) is 154 Å². The first-order valence-electron chi connectivity index (χ1n) is 18.9. The van der Waals surface area contributed by atoms with Crippen molar-refractivity contribution in [3.63, 3.8) is 0 Å². The molecule has 2 atom stereocenters. The normalized spacial score (nSPS) is 17.9. The van der Waals surface area contributed by atoms with Gasteiger partial charge in [0, 0.05) is 37.0 Å². The maximum absolute atomic E-state index is 13.1. The molecule has 0 radical (unpaired) electrons. The number of Topliss-reactive ketones (excluding diaryl/α,β-unsaturated/α-hetero) is 2. The Morgan fingerprint density at radius 2 is 0.941 bits per heavy atom. The zero-order valence-corrected chi connectivity index (χ0v) is 34.0. The Kier molecular flexibility index (Phi) is 16.2. The maximum Gasteiger partial charge on any atom is 0.312 e. The molecule has 2 aliphatic carbocycles. The summed E-state index contributed by atoms with van der Waals surface area (Å²) in [6.45, 7) is 25.1. The predicted molar refractivity (Wildman–Crippen MR) is 203 cm³/mol. The minimum Gasteiger partial charge on any atom is -0.352 e. The molecule has 6 amide bonds. The van der Waals surface area contributed by atoms with Gasteiger partial charge in [0.15, 0.2) is 5.78 Å². The molecule has 0 bridgehead atoms. The van der Waals surface area contributed by atoms with E-state index in [2.05, 4.69) is 62.8 Å². The van der Waals surface area contributed by atoms with E-state index in [0.29, 0.717) is 58.0 Å². The van der Waals surface area contributed by atoms with Crippen LogP contribution in [0.15, 0.2) is 0 Å². The number of carbonyl (C=O) groups is 6. The molecule has 12 heteroatoms. The zero-order valence-electron chi connectivity index (χ0n) is 34.0. The molecule has 0 aliphatic heterocycles. The average molecular weight is 721 g/mol. The molecule has 0 heterocycles. The topological polar surface area (TPSA) is 203 Å². The largest absolute Gasteiger partial charge is 0.352 e. The number of carbonyl (C=O) groups excluding carboxylic acids is 6. The summed E-state index contributed by atoms with van der Waals surface area (Å²) in [6.07, 6.45) is 7.69. The van der Waals surface area contributed by atoms with E-state index in [4.69, 9.17) is 11.5 Å². The summed E-state index contributed by atoms with van der Waals surface area (Å²) >= 11 is 0. The summed E-state index contributed by atoms with van der Waals surface area (Å²) in [5, 5.41) is 11.4. The van der Waals surface area contributed by atoms with E-state index in [1.54, 1.807) is 0 Å². The van der Waals surface area contributed by atoms with Crippen molar-refractivity contribution < 1.29 is 28.8 Å². The van der Waals surface area contributed by atoms with Crippen molar-refractivity contribution in [3.05, 3.63) is 0 Å².